The monoisotopic (exact) mass is 520 g/mol. The molecule has 0 fully saturated rings. The first-order chi connectivity index (χ1) is 17.9. The third-order valence-corrected chi connectivity index (χ3v) is 7.16. The normalized spacial score (nSPS) is 19.0. The van der Waals surface area contributed by atoms with Crippen molar-refractivity contribution >= 4 is 40.1 Å². The van der Waals surface area contributed by atoms with E-state index in [-0.39, 0.29) is 12.2 Å². The predicted molar refractivity (Wildman–Crippen MR) is 139 cm³/mol. The first-order valence-corrected chi connectivity index (χ1v) is 12.4. The second-order valence-electron chi connectivity index (χ2n) is 8.46. The number of nitrogens with one attached hydrogen (secondary N) is 1. The van der Waals surface area contributed by atoms with Gasteiger partial charge in [-0.2, -0.15) is 10.1 Å². The van der Waals surface area contributed by atoms with Crippen LogP contribution in [-0.2, 0) is 9.59 Å². The number of amides is 2. The number of hydrazone groups is 1. The number of methoxy groups -OCH3 is 1. The van der Waals surface area contributed by atoms with Gasteiger partial charge in [-0.1, -0.05) is 30.0 Å². The van der Waals surface area contributed by atoms with Crippen LogP contribution in [0.25, 0.3) is 0 Å². The number of anilines is 1. The standard InChI is InChI=1S/C27H22F2N4O3S/c1-36-19-12-6-16(7-13-19)22-14-23(20-4-2-3-5-21(20)29)33(32-22)27-31-26(35)24(37-27)15-25(34)30-18-10-8-17(28)9-11-18/h2-13,23-24H,14-15H2,1H3,(H,30,34)/t23-,24+/m0/s1. The number of nitrogens with zero attached hydrogens (tertiary/aromatic N) is 3. The van der Waals surface area contributed by atoms with Crippen molar-refractivity contribution in [1.29, 1.82) is 0 Å². The van der Waals surface area contributed by atoms with Crippen molar-refractivity contribution in [2.75, 3.05) is 12.4 Å². The molecule has 2 atom stereocenters. The van der Waals surface area contributed by atoms with Crippen molar-refractivity contribution in [1.82, 2.24) is 5.01 Å². The summed E-state index contributed by atoms with van der Waals surface area (Å²) in [7, 11) is 1.58. The Bertz CT molecular complexity index is 1390. The fraction of sp³-hybridized carbons (Fsp3) is 0.185. The highest BCUT2D eigenvalue weighted by molar-refractivity contribution is 8.15. The van der Waals surface area contributed by atoms with Crippen molar-refractivity contribution < 1.29 is 23.1 Å². The maximum absolute atomic E-state index is 14.8. The van der Waals surface area contributed by atoms with E-state index in [1.54, 1.807) is 30.3 Å². The highest BCUT2D eigenvalue weighted by Crippen LogP contribution is 2.39. The van der Waals surface area contributed by atoms with E-state index >= 15 is 0 Å². The minimum atomic E-state index is -0.753. The summed E-state index contributed by atoms with van der Waals surface area (Å²) < 4.78 is 33.2. The molecule has 3 aromatic rings. The number of halogens is 2. The first kappa shape index (κ1) is 24.6. The molecule has 0 saturated heterocycles. The van der Waals surface area contributed by atoms with E-state index in [9.17, 15) is 18.4 Å². The number of carbonyl (C=O) groups excluding carboxylic acids is 2. The number of hydrogen-bond acceptors (Lipinski definition) is 6. The molecule has 188 valence electrons. The van der Waals surface area contributed by atoms with Crippen LogP contribution in [0.1, 0.15) is 30.0 Å². The molecule has 7 nitrogen and oxygen atoms in total. The molecule has 0 spiro atoms. The van der Waals surface area contributed by atoms with Gasteiger partial charge in [0.15, 0.2) is 5.17 Å². The third-order valence-electron chi connectivity index (χ3n) is 6.02. The molecule has 0 aliphatic carbocycles. The van der Waals surface area contributed by atoms with E-state index in [2.05, 4.69) is 10.3 Å². The molecule has 2 amide bonds. The van der Waals surface area contributed by atoms with Gasteiger partial charge in [-0.05, 0) is 60.2 Å². The van der Waals surface area contributed by atoms with Crippen molar-refractivity contribution in [3.8, 4) is 5.75 Å². The summed E-state index contributed by atoms with van der Waals surface area (Å²) in [5.74, 6) is -0.957. The van der Waals surface area contributed by atoms with Gasteiger partial charge in [-0.3, -0.25) is 9.59 Å². The van der Waals surface area contributed by atoms with E-state index < -0.39 is 28.9 Å². The summed E-state index contributed by atoms with van der Waals surface area (Å²) in [5, 5.41) is 8.50. The van der Waals surface area contributed by atoms with E-state index in [1.807, 2.05) is 24.3 Å². The van der Waals surface area contributed by atoms with Crippen LogP contribution in [0, 0.1) is 11.6 Å². The van der Waals surface area contributed by atoms with Crippen LogP contribution in [-0.4, -0.2) is 40.1 Å². The molecule has 2 aliphatic rings. The largest absolute Gasteiger partial charge is 0.497 e. The lowest BCUT2D eigenvalue weighted by atomic mass is 9.98. The Morgan fingerprint density at radius 2 is 1.81 bits per heavy atom. The summed E-state index contributed by atoms with van der Waals surface area (Å²) in [6.45, 7) is 0. The van der Waals surface area contributed by atoms with Gasteiger partial charge in [0.05, 0.1) is 18.9 Å². The zero-order valence-electron chi connectivity index (χ0n) is 19.7. The summed E-state index contributed by atoms with van der Waals surface area (Å²) >= 11 is 1.12. The van der Waals surface area contributed by atoms with Gasteiger partial charge >= 0.3 is 0 Å². The Labute approximate surface area is 216 Å². The van der Waals surface area contributed by atoms with Gasteiger partial charge < -0.3 is 10.1 Å². The van der Waals surface area contributed by atoms with Crippen LogP contribution in [0.4, 0.5) is 14.5 Å². The Hall–Kier alpha value is -4.05. The molecule has 2 aliphatic heterocycles. The fourth-order valence-electron chi connectivity index (χ4n) is 4.15. The molecule has 0 saturated carbocycles. The molecular formula is C27H22F2N4O3S. The van der Waals surface area contributed by atoms with Crippen molar-refractivity contribution in [3.63, 3.8) is 0 Å². The predicted octanol–water partition coefficient (Wildman–Crippen LogP) is 5.15. The van der Waals surface area contributed by atoms with Crippen LogP contribution in [0.2, 0.25) is 0 Å². The van der Waals surface area contributed by atoms with Gasteiger partial charge in [0.1, 0.15) is 22.6 Å². The van der Waals surface area contributed by atoms with Crippen molar-refractivity contribution in [2.24, 2.45) is 10.1 Å². The van der Waals surface area contributed by atoms with Gasteiger partial charge in [0.25, 0.3) is 5.91 Å². The quantitative estimate of drug-likeness (QED) is 0.486. The number of amidine groups is 1. The third kappa shape index (κ3) is 5.39. The van der Waals surface area contributed by atoms with Crippen LogP contribution in [0.15, 0.2) is 82.9 Å². The maximum atomic E-state index is 14.8. The Morgan fingerprint density at radius 1 is 1.08 bits per heavy atom. The average Bonchev–Trinajstić information content (AvgIpc) is 3.49. The molecule has 0 radical (unpaired) electrons. The summed E-state index contributed by atoms with van der Waals surface area (Å²) in [6.07, 6.45) is 0.276. The second kappa shape index (κ2) is 10.5. The number of hydrogen-bond donors (Lipinski definition) is 1. The Balaban J connectivity index is 1.36. The number of carbonyl (C=O) groups is 2. The molecule has 0 unspecified atom stereocenters. The van der Waals surface area contributed by atoms with Gasteiger partial charge in [0.2, 0.25) is 5.91 Å². The molecule has 5 rings (SSSR count). The highest BCUT2D eigenvalue weighted by atomic mass is 32.2. The van der Waals surface area contributed by atoms with Gasteiger partial charge in [0, 0.05) is 24.1 Å². The SMILES string of the molecule is COc1ccc(C2=NN(C3=NC(=O)[C@@H](CC(=O)Nc4ccc(F)cc4)S3)[C@H](c3ccccc3F)C2)cc1. The highest BCUT2D eigenvalue weighted by Gasteiger charge is 2.39. The van der Waals surface area contributed by atoms with Crippen molar-refractivity contribution in [2.45, 2.75) is 24.1 Å². The number of ether oxygens (including phenoxy) is 1. The summed E-state index contributed by atoms with van der Waals surface area (Å²) in [4.78, 5) is 29.4. The molecule has 0 bridgehead atoms. The summed E-state index contributed by atoms with van der Waals surface area (Å²) in [6, 6.07) is 18.7. The molecule has 1 N–H and O–H groups in total. The zero-order chi connectivity index (χ0) is 25.9. The van der Waals surface area contributed by atoms with E-state index in [0.29, 0.717) is 34.3 Å². The van der Waals surface area contributed by atoms with E-state index in [0.717, 1.165) is 17.3 Å². The minimum Gasteiger partial charge on any atom is -0.497 e. The first-order valence-electron chi connectivity index (χ1n) is 11.5. The maximum Gasteiger partial charge on any atom is 0.262 e. The van der Waals surface area contributed by atoms with Crippen LogP contribution in [0.3, 0.4) is 0 Å². The van der Waals surface area contributed by atoms with Crippen LogP contribution in [0.5, 0.6) is 5.75 Å². The van der Waals surface area contributed by atoms with Crippen LogP contribution < -0.4 is 10.1 Å². The van der Waals surface area contributed by atoms with E-state index in [1.165, 1.54) is 30.3 Å². The zero-order valence-corrected chi connectivity index (χ0v) is 20.5. The number of aliphatic imine (C=N–C) groups is 1. The number of thioether (sulfide) groups is 1. The fourth-order valence-corrected chi connectivity index (χ4v) is 5.21. The lowest BCUT2D eigenvalue weighted by molar-refractivity contribution is -0.121. The van der Waals surface area contributed by atoms with Crippen LogP contribution >= 0.6 is 11.8 Å². The number of rotatable bonds is 6. The molecular weight excluding hydrogens is 498 g/mol. The average molecular weight is 521 g/mol. The molecule has 3 aromatic carbocycles. The topological polar surface area (TPSA) is 83.4 Å². The molecule has 37 heavy (non-hydrogen) atoms. The van der Waals surface area contributed by atoms with E-state index in [4.69, 9.17) is 9.84 Å². The molecule has 2 heterocycles. The Kier molecular flexibility index (Phi) is 7.00. The Morgan fingerprint density at radius 3 is 2.51 bits per heavy atom. The molecule has 0 aromatic heterocycles. The number of benzene rings is 3. The summed E-state index contributed by atoms with van der Waals surface area (Å²) in [5.41, 5.74) is 2.41. The lowest BCUT2D eigenvalue weighted by Crippen LogP contribution is -2.25. The molecule has 10 heteroatoms. The van der Waals surface area contributed by atoms with Gasteiger partial charge in [-0.15, -0.1) is 0 Å². The second-order valence-corrected chi connectivity index (χ2v) is 9.63. The van der Waals surface area contributed by atoms with Crippen molar-refractivity contribution in [3.05, 3.63) is 95.6 Å². The minimum absolute atomic E-state index is 0.124. The lowest BCUT2D eigenvalue weighted by Gasteiger charge is -2.23. The van der Waals surface area contributed by atoms with Gasteiger partial charge in [-0.25, -0.2) is 13.8 Å². The smallest absolute Gasteiger partial charge is 0.262 e.